The Kier molecular flexibility index (Phi) is 5.49. The van der Waals surface area contributed by atoms with E-state index >= 15 is 0 Å². The second kappa shape index (κ2) is 6.91. The SMILES string of the molecule is CCOC(=O)C(N)CCc1ccc(OC)cc1. The average Bonchev–Trinajstić information content (AvgIpc) is 2.36. The molecule has 17 heavy (non-hydrogen) atoms. The van der Waals surface area contributed by atoms with Crippen LogP contribution >= 0.6 is 0 Å². The maximum atomic E-state index is 11.3. The fourth-order valence-corrected chi connectivity index (χ4v) is 1.48. The highest BCUT2D eigenvalue weighted by molar-refractivity contribution is 5.75. The summed E-state index contributed by atoms with van der Waals surface area (Å²) in [7, 11) is 1.63. The van der Waals surface area contributed by atoms with E-state index in [2.05, 4.69) is 0 Å². The van der Waals surface area contributed by atoms with Gasteiger partial charge < -0.3 is 15.2 Å². The maximum absolute atomic E-state index is 11.3. The van der Waals surface area contributed by atoms with E-state index in [1.165, 1.54) is 0 Å². The van der Waals surface area contributed by atoms with Crippen molar-refractivity contribution < 1.29 is 14.3 Å². The molecule has 0 heterocycles. The van der Waals surface area contributed by atoms with Crippen molar-refractivity contribution in [2.75, 3.05) is 13.7 Å². The molecule has 1 aromatic rings. The van der Waals surface area contributed by atoms with Crippen LogP contribution < -0.4 is 10.5 Å². The van der Waals surface area contributed by atoms with E-state index < -0.39 is 6.04 Å². The highest BCUT2D eigenvalue weighted by Gasteiger charge is 2.13. The highest BCUT2D eigenvalue weighted by Crippen LogP contribution is 2.13. The monoisotopic (exact) mass is 237 g/mol. The topological polar surface area (TPSA) is 61.5 Å². The number of carbonyl (C=O) groups excluding carboxylic acids is 1. The number of benzene rings is 1. The van der Waals surface area contributed by atoms with Crippen LogP contribution in [-0.2, 0) is 16.0 Å². The lowest BCUT2D eigenvalue weighted by Gasteiger charge is -2.10. The van der Waals surface area contributed by atoms with Crippen molar-refractivity contribution >= 4 is 5.97 Å². The van der Waals surface area contributed by atoms with Gasteiger partial charge in [-0.3, -0.25) is 4.79 Å². The molecule has 0 saturated heterocycles. The molecule has 0 aromatic heterocycles. The predicted molar refractivity (Wildman–Crippen MR) is 65.9 cm³/mol. The van der Waals surface area contributed by atoms with Crippen LogP contribution in [-0.4, -0.2) is 25.7 Å². The standard InChI is InChI=1S/C13H19NO3/c1-3-17-13(15)12(14)9-6-10-4-7-11(16-2)8-5-10/h4-5,7-8,12H,3,6,9,14H2,1-2H3. The van der Waals surface area contributed by atoms with Gasteiger partial charge in [0.05, 0.1) is 13.7 Å². The molecular weight excluding hydrogens is 218 g/mol. The zero-order valence-electron chi connectivity index (χ0n) is 10.3. The summed E-state index contributed by atoms with van der Waals surface area (Å²) in [5, 5.41) is 0. The summed E-state index contributed by atoms with van der Waals surface area (Å²) in [5.74, 6) is 0.490. The molecule has 1 aromatic carbocycles. The zero-order chi connectivity index (χ0) is 12.7. The number of aryl methyl sites for hydroxylation is 1. The molecule has 1 rings (SSSR count). The summed E-state index contributed by atoms with van der Waals surface area (Å²) < 4.78 is 9.91. The third kappa shape index (κ3) is 4.44. The van der Waals surface area contributed by atoms with E-state index in [1.54, 1.807) is 14.0 Å². The Bertz CT molecular complexity index is 348. The van der Waals surface area contributed by atoms with Gasteiger partial charge in [-0.05, 0) is 37.5 Å². The lowest BCUT2D eigenvalue weighted by atomic mass is 10.1. The minimum atomic E-state index is -0.544. The number of hydrogen-bond donors (Lipinski definition) is 1. The van der Waals surface area contributed by atoms with Crippen LogP contribution in [0.15, 0.2) is 24.3 Å². The molecule has 0 saturated carbocycles. The molecule has 0 radical (unpaired) electrons. The van der Waals surface area contributed by atoms with Crippen molar-refractivity contribution in [3.05, 3.63) is 29.8 Å². The quantitative estimate of drug-likeness (QED) is 0.762. The normalized spacial score (nSPS) is 11.9. The Morgan fingerprint density at radius 2 is 2.00 bits per heavy atom. The van der Waals surface area contributed by atoms with Gasteiger partial charge >= 0.3 is 5.97 Å². The molecule has 4 nitrogen and oxygen atoms in total. The highest BCUT2D eigenvalue weighted by atomic mass is 16.5. The molecule has 94 valence electrons. The molecule has 0 spiro atoms. The number of nitrogens with two attached hydrogens (primary N) is 1. The molecule has 2 N–H and O–H groups in total. The van der Waals surface area contributed by atoms with Crippen molar-refractivity contribution in [1.29, 1.82) is 0 Å². The van der Waals surface area contributed by atoms with E-state index in [-0.39, 0.29) is 5.97 Å². The second-order valence-electron chi connectivity index (χ2n) is 3.75. The molecule has 0 fully saturated rings. The second-order valence-corrected chi connectivity index (χ2v) is 3.75. The van der Waals surface area contributed by atoms with Crippen LogP contribution in [0, 0.1) is 0 Å². The third-order valence-corrected chi connectivity index (χ3v) is 2.49. The van der Waals surface area contributed by atoms with E-state index in [4.69, 9.17) is 15.2 Å². The van der Waals surface area contributed by atoms with Crippen molar-refractivity contribution in [3.63, 3.8) is 0 Å². The molecule has 0 aliphatic carbocycles. The van der Waals surface area contributed by atoms with Crippen LogP contribution in [0.5, 0.6) is 5.75 Å². The lowest BCUT2D eigenvalue weighted by molar-refractivity contribution is -0.144. The Balaban J connectivity index is 2.41. The van der Waals surface area contributed by atoms with Gasteiger partial charge in [0.2, 0.25) is 0 Å². The van der Waals surface area contributed by atoms with Gasteiger partial charge in [-0.1, -0.05) is 12.1 Å². The number of carbonyl (C=O) groups is 1. The van der Waals surface area contributed by atoms with E-state index in [9.17, 15) is 4.79 Å². The van der Waals surface area contributed by atoms with Crippen molar-refractivity contribution in [2.24, 2.45) is 5.73 Å². The Labute approximate surface area is 102 Å². The van der Waals surface area contributed by atoms with Crippen molar-refractivity contribution in [1.82, 2.24) is 0 Å². The summed E-state index contributed by atoms with van der Waals surface area (Å²) in [6.45, 7) is 2.14. The third-order valence-electron chi connectivity index (χ3n) is 2.49. The van der Waals surface area contributed by atoms with Gasteiger partial charge in [-0.15, -0.1) is 0 Å². The molecule has 0 bridgehead atoms. The molecule has 0 aliphatic rings. The molecule has 0 aliphatic heterocycles. The first kappa shape index (κ1) is 13.5. The minimum Gasteiger partial charge on any atom is -0.497 e. The zero-order valence-corrected chi connectivity index (χ0v) is 10.3. The van der Waals surface area contributed by atoms with Crippen LogP contribution in [0.4, 0.5) is 0 Å². The van der Waals surface area contributed by atoms with Crippen LogP contribution in [0.3, 0.4) is 0 Å². The Morgan fingerprint density at radius 3 is 2.53 bits per heavy atom. The van der Waals surface area contributed by atoms with Crippen molar-refractivity contribution in [2.45, 2.75) is 25.8 Å². The average molecular weight is 237 g/mol. The Morgan fingerprint density at radius 1 is 1.35 bits per heavy atom. The van der Waals surface area contributed by atoms with Gasteiger partial charge in [0.25, 0.3) is 0 Å². The lowest BCUT2D eigenvalue weighted by Crippen LogP contribution is -2.32. The fourth-order valence-electron chi connectivity index (χ4n) is 1.48. The number of ether oxygens (including phenoxy) is 2. The summed E-state index contributed by atoms with van der Waals surface area (Å²) >= 11 is 0. The van der Waals surface area contributed by atoms with Crippen LogP contribution in [0.1, 0.15) is 18.9 Å². The maximum Gasteiger partial charge on any atom is 0.322 e. The summed E-state index contributed by atoms with van der Waals surface area (Å²) in [6.07, 6.45) is 1.34. The summed E-state index contributed by atoms with van der Waals surface area (Å²) in [6, 6.07) is 7.18. The first-order chi connectivity index (χ1) is 8.17. The first-order valence-corrected chi connectivity index (χ1v) is 5.72. The molecular formula is C13H19NO3. The molecule has 0 amide bonds. The van der Waals surface area contributed by atoms with E-state index in [1.807, 2.05) is 24.3 Å². The van der Waals surface area contributed by atoms with Gasteiger partial charge in [-0.2, -0.15) is 0 Å². The largest absolute Gasteiger partial charge is 0.497 e. The predicted octanol–water partition coefficient (Wildman–Crippen LogP) is 1.52. The van der Waals surface area contributed by atoms with Gasteiger partial charge in [0.1, 0.15) is 11.8 Å². The fraction of sp³-hybridized carbons (Fsp3) is 0.462. The summed E-state index contributed by atoms with van der Waals surface area (Å²) in [5.41, 5.74) is 6.84. The molecule has 1 unspecified atom stereocenters. The van der Waals surface area contributed by atoms with Crippen LogP contribution in [0.2, 0.25) is 0 Å². The molecule has 1 atom stereocenters. The Hall–Kier alpha value is -1.55. The van der Waals surface area contributed by atoms with E-state index in [0.717, 1.165) is 17.7 Å². The number of esters is 1. The smallest absolute Gasteiger partial charge is 0.322 e. The summed E-state index contributed by atoms with van der Waals surface area (Å²) in [4.78, 5) is 11.3. The van der Waals surface area contributed by atoms with Gasteiger partial charge in [-0.25, -0.2) is 0 Å². The number of methoxy groups -OCH3 is 1. The van der Waals surface area contributed by atoms with Crippen LogP contribution in [0.25, 0.3) is 0 Å². The number of rotatable bonds is 6. The number of hydrogen-bond acceptors (Lipinski definition) is 4. The van der Waals surface area contributed by atoms with Gasteiger partial charge in [0.15, 0.2) is 0 Å². The van der Waals surface area contributed by atoms with E-state index in [0.29, 0.717) is 13.0 Å². The first-order valence-electron chi connectivity index (χ1n) is 5.72. The molecule has 4 heteroatoms. The minimum absolute atomic E-state index is 0.332. The van der Waals surface area contributed by atoms with Crippen molar-refractivity contribution in [3.8, 4) is 5.75 Å². The van der Waals surface area contributed by atoms with Gasteiger partial charge in [0, 0.05) is 0 Å².